The van der Waals surface area contributed by atoms with Crippen LogP contribution in [0.3, 0.4) is 0 Å². The summed E-state index contributed by atoms with van der Waals surface area (Å²) in [6, 6.07) is 11.3. The van der Waals surface area contributed by atoms with Crippen LogP contribution in [0, 0.1) is 0 Å². The monoisotopic (exact) mass is 399 g/mol. The second-order valence-corrected chi connectivity index (χ2v) is 8.66. The average molecular weight is 400 g/mol. The Bertz CT molecular complexity index is 846. The molecule has 1 N–H and O–H groups in total. The quantitative estimate of drug-likeness (QED) is 0.833. The van der Waals surface area contributed by atoms with Crippen molar-refractivity contribution in [3.8, 4) is 0 Å². The topological polar surface area (TPSA) is 62.3 Å². The van der Waals surface area contributed by atoms with Crippen molar-refractivity contribution >= 4 is 23.4 Å². The molecule has 1 aromatic carbocycles. The summed E-state index contributed by atoms with van der Waals surface area (Å²) in [6.07, 6.45) is 4.80. The maximum atomic E-state index is 13.4. The minimum absolute atomic E-state index is 0.0122. The zero-order chi connectivity index (χ0) is 20.4. The first kappa shape index (κ1) is 20.3. The lowest BCUT2D eigenvalue weighted by molar-refractivity contribution is -0.143. The molecule has 0 unspecified atom stereocenters. The molecule has 0 bridgehead atoms. The lowest BCUT2D eigenvalue weighted by Gasteiger charge is -2.39. The van der Waals surface area contributed by atoms with Gasteiger partial charge in [0.05, 0.1) is 0 Å². The average Bonchev–Trinajstić information content (AvgIpc) is 2.98. The molecule has 148 valence electrons. The van der Waals surface area contributed by atoms with E-state index in [0.717, 1.165) is 11.1 Å². The van der Waals surface area contributed by atoms with E-state index in [4.69, 9.17) is 11.6 Å². The number of halogens is 1. The van der Waals surface area contributed by atoms with Crippen molar-refractivity contribution in [3.05, 3.63) is 64.9 Å². The van der Waals surface area contributed by atoms with Gasteiger partial charge in [-0.15, -0.1) is 0 Å². The van der Waals surface area contributed by atoms with Crippen LogP contribution in [-0.4, -0.2) is 33.8 Å². The van der Waals surface area contributed by atoms with E-state index in [0.29, 0.717) is 30.8 Å². The molecule has 0 saturated carbocycles. The number of pyridine rings is 1. The first-order valence-corrected chi connectivity index (χ1v) is 9.88. The van der Waals surface area contributed by atoms with E-state index in [-0.39, 0.29) is 11.8 Å². The molecule has 0 spiro atoms. The predicted octanol–water partition coefficient (Wildman–Crippen LogP) is 3.71. The predicted molar refractivity (Wildman–Crippen MR) is 110 cm³/mol. The maximum Gasteiger partial charge on any atom is 0.251 e. The largest absolute Gasteiger partial charge is 0.349 e. The number of likely N-dealkylation sites (tertiary alicyclic amines) is 1. The highest BCUT2D eigenvalue weighted by Crippen LogP contribution is 2.40. The molecule has 6 heteroatoms. The molecule has 0 aliphatic carbocycles. The Morgan fingerprint density at radius 1 is 1.25 bits per heavy atom. The Morgan fingerprint density at radius 3 is 2.57 bits per heavy atom. The van der Waals surface area contributed by atoms with E-state index < -0.39 is 11.1 Å². The van der Waals surface area contributed by atoms with Gasteiger partial charge in [-0.2, -0.15) is 0 Å². The number of carbonyl (C=O) groups is 2. The van der Waals surface area contributed by atoms with E-state index >= 15 is 0 Å². The summed E-state index contributed by atoms with van der Waals surface area (Å²) in [5.41, 5.74) is 0.379. The molecule has 1 aromatic heterocycles. The van der Waals surface area contributed by atoms with Gasteiger partial charge in [-0.25, -0.2) is 0 Å². The zero-order valence-electron chi connectivity index (χ0n) is 16.5. The third-order valence-electron chi connectivity index (χ3n) is 5.00. The second kappa shape index (κ2) is 7.92. The molecule has 3 rings (SSSR count). The molecular formula is C22H26ClN3O2. The van der Waals surface area contributed by atoms with Crippen LogP contribution in [0.25, 0.3) is 0 Å². The smallest absolute Gasteiger partial charge is 0.251 e. The molecule has 1 aliphatic rings. The molecule has 2 aromatic rings. The van der Waals surface area contributed by atoms with Crippen molar-refractivity contribution in [2.45, 2.75) is 51.1 Å². The van der Waals surface area contributed by atoms with Crippen molar-refractivity contribution in [3.63, 3.8) is 0 Å². The van der Waals surface area contributed by atoms with Gasteiger partial charge in [0.15, 0.2) is 0 Å². The van der Waals surface area contributed by atoms with E-state index in [1.165, 1.54) is 0 Å². The molecule has 1 atom stereocenters. The fraction of sp³-hybridized carbons (Fsp3) is 0.409. The second-order valence-electron chi connectivity index (χ2n) is 8.23. The fourth-order valence-electron chi connectivity index (χ4n) is 3.70. The highest BCUT2D eigenvalue weighted by Gasteiger charge is 2.52. The van der Waals surface area contributed by atoms with Gasteiger partial charge < -0.3 is 10.2 Å². The van der Waals surface area contributed by atoms with Gasteiger partial charge in [0.1, 0.15) is 5.54 Å². The minimum Gasteiger partial charge on any atom is -0.349 e. The number of hydrogen-bond acceptors (Lipinski definition) is 3. The van der Waals surface area contributed by atoms with Crippen LogP contribution in [-0.2, 0) is 21.5 Å². The summed E-state index contributed by atoms with van der Waals surface area (Å²) in [5, 5.41) is 3.75. The third-order valence-corrected chi connectivity index (χ3v) is 5.26. The number of benzene rings is 1. The lowest BCUT2D eigenvalue weighted by Crippen LogP contribution is -2.58. The third kappa shape index (κ3) is 4.20. The van der Waals surface area contributed by atoms with Gasteiger partial charge in [0.2, 0.25) is 5.91 Å². The van der Waals surface area contributed by atoms with Gasteiger partial charge in [0.25, 0.3) is 5.91 Å². The number of aromatic nitrogens is 1. The molecule has 1 fully saturated rings. The van der Waals surface area contributed by atoms with E-state index in [1.807, 2.05) is 57.2 Å². The number of carbonyl (C=O) groups excluding carboxylic acids is 2. The number of nitrogens with one attached hydrogen (secondary N) is 1. The number of amides is 2. The zero-order valence-corrected chi connectivity index (χ0v) is 17.3. The van der Waals surface area contributed by atoms with Crippen molar-refractivity contribution < 1.29 is 9.59 Å². The first-order chi connectivity index (χ1) is 13.2. The van der Waals surface area contributed by atoms with Gasteiger partial charge in [-0.3, -0.25) is 14.6 Å². The Hall–Kier alpha value is -2.40. The minimum atomic E-state index is -1.04. The molecule has 5 nitrogen and oxygen atoms in total. The van der Waals surface area contributed by atoms with Crippen LogP contribution in [0.4, 0.5) is 0 Å². The summed E-state index contributed by atoms with van der Waals surface area (Å²) in [5.74, 6) is -0.170. The highest BCUT2D eigenvalue weighted by molar-refractivity contribution is 6.30. The molecule has 1 saturated heterocycles. The molecular weight excluding hydrogens is 374 g/mol. The van der Waals surface area contributed by atoms with Crippen molar-refractivity contribution in [2.75, 3.05) is 6.54 Å². The number of rotatable bonds is 5. The Labute approximate surface area is 171 Å². The van der Waals surface area contributed by atoms with Crippen molar-refractivity contribution in [2.24, 2.45) is 0 Å². The van der Waals surface area contributed by atoms with Crippen LogP contribution in [0.2, 0.25) is 5.02 Å². The van der Waals surface area contributed by atoms with Crippen LogP contribution in [0.15, 0.2) is 48.8 Å². The lowest BCUT2D eigenvalue weighted by atomic mass is 9.86. The van der Waals surface area contributed by atoms with Crippen LogP contribution in [0.5, 0.6) is 0 Å². The van der Waals surface area contributed by atoms with Gasteiger partial charge in [0, 0.05) is 41.5 Å². The molecule has 2 heterocycles. The van der Waals surface area contributed by atoms with Crippen LogP contribution >= 0.6 is 11.6 Å². The van der Waals surface area contributed by atoms with Crippen LogP contribution < -0.4 is 5.32 Å². The number of nitrogens with zero attached hydrogens (tertiary/aromatic N) is 2. The number of hydrogen-bond donors (Lipinski definition) is 1. The van der Waals surface area contributed by atoms with E-state index in [1.54, 1.807) is 17.3 Å². The van der Waals surface area contributed by atoms with Gasteiger partial charge >= 0.3 is 0 Å². The highest BCUT2D eigenvalue weighted by atomic mass is 35.5. The summed E-state index contributed by atoms with van der Waals surface area (Å²) in [6.45, 7) is 6.27. The van der Waals surface area contributed by atoms with Gasteiger partial charge in [-0.05, 0) is 57.4 Å². The molecule has 1 aliphatic heterocycles. The van der Waals surface area contributed by atoms with E-state index in [2.05, 4.69) is 10.3 Å². The van der Waals surface area contributed by atoms with Gasteiger partial charge in [-0.1, -0.05) is 29.8 Å². The SMILES string of the molecule is CC(C)(C)NC(=O)[C@]1(c2cccnc2)CCC(=O)N1CCc1ccc(Cl)cc1. The first-order valence-electron chi connectivity index (χ1n) is 9.50. The summed E-state index contributed by atoms with van der Waals surface area (Å²) < 4.78 is 0. The normalized spacial score (nSPS) is 19.7. The van der Waals surface area contributed by atoms with Crippen LogP contribution in [0.1, 0.15) is 44.7 Å². The van der Waals surface area contributed by atoms with Crippen molar-refractivity contribution in [1.82, 2.24) is 15.2 Å². The summed E-state index contributed by atoms with van der Waals surface area (Å²) in [7, 11) is 0. The Balaban J connectivity index is 1.95. The fourth-order valence-corrected chi connectivity index (χ4v) is 3.82. The summed E-state index contributed by atoms with van der Waals surface area (Å²) in [4.78, 5) is 32.2. The maximum absolute atomic E-state index is 13.4. The molecule has 2 amide bonds. The van der Waals surface area contributed by atoms with E-state index in [9.17, 15) is 9.59 Å². The van der Waals surface area contributed by atoms with Crippen molar-refractivity contribution in [1.29, 1.82) is 0 Å². The Kier molecular flexibility index (Phi) is 5.75. The standard InChI is InChI=1S/C22H26ClN3O2/c1-21(2,3)25-20(28)22(17-5-4-13-24-15-17)12-10-19(27)26(22)14-11-16-6-8-18(23)9-7-16/h4-9,13,15H,10-12,14H2,1-3H3,(H,25,28)/t22-/m1/s1. The molecule has 28 heavy (non-hydrogen) atoms. The summed E-state index contributed by atoms with van der Waals surface area (Å²) >= 11 is 5.97. The Morgan fingerprint density at radius 2 is 1.96 bits per heavy atom. The molecule has 0 radical (unpaired) electrons.